The summed E-state index contributed by atoms with van der Waals surface area (Å²) in [6, 6.07) is 12.7. The predicted octanol–water partition coefficient (Wildman–Crippen LogP) is 4.47. The highest BCUT2D eigenvalue weighted by Gasteiger charge is 2.08. The number of halogens is 2. The second-order valence-corrected chi connectivity index (χ2v) is 5.89. The van der Waals surface area contributed by atoms with Gasteiger partial charge in [0.05, 0.1) is 7.11 Å². The van der Waals surface area contributed by atoms with Crippen LogP contribution in [0.15, 0.2) is 52.3 Å². The maximum atomic E-state index is 13.5. The molecule has 0 saturated heterocycles. The zero-order chi connectivity index (χ0) is 14.5. The van der Waals surface area contributed by atoms with Crippen molar-refractivity contribution < 1.29 is 9.13 Å². The van der Waals surface area contributed by atoms with Crippen LogP contribution in [-0.2, 0) is 6.54 Å². The molecule has 2 rings (SSSR count). The molecular formula is C16H19ClFNOS. The highest BCUT2D eigenvalue weighted by molar-refractivity contribution is 7.99. The van der Waals surface area contributed by atoms with Crippen molar-refractivity contribution in [1.29, 1.82) is 0 Å². The lowest BCUT2D eigenvalue weighted by atomic mass is 10.2. The van der Waals surface area contributed by atoms with E-state index in [1.807, 2.05) is 44.4 Å². The number of nitrogens with zero attached hydrogens (tertiary/aromatic N) is 1. The molecule has 0 radical (unpaired) electrons. The molecule has 0 aliphatic carbocycles. The van der Waals surface area contributed by atoms with Crippen LogP contribution >= 0.6 is 24.2 Å². The number of methoxy groups -OCH3 is 1. The van der Waals surface area contributed by atoms with Crippen LogP contribution in [0.25, 0.3) is 0 Å². The average molecular weight is 328 g/mol. The van der Waals surface area contributed by atoms with Gasteiger partial charge in [-0.1, -0.05) is 23.9 Å². The SMILES string of the molecule is COc1cccc(Sc2cc(F)ccc2CN(C)C)c1.Cl. The maximum absolute atomic E-state index is 13.5. The Balaban J connectivity index is 0.00000220. The third kappa shape index (κ3) is 5.23. The zero-order valence-electron chi connectivity index (χ0n) is 12.3. The van der Waals surface area contributed by atoms with Crippen molar-refractivity contribution in [1.82, 2.24) is 4.90 Å². The summed E-state index contributed by atoms with van der Waals surface area (Å²) >= 11 is 1.55. The summed E-state index contributed by atoms with van der Waals surface area (Å²) in [6.07, 6.45) is 0. The summed E-state index contributed by atoms with van der Waals surface area (Å²) in [5, 5.41) is 0. The van der Waals surface area contributed by atoms with E-state index < -0.39 is 0 Å². The topological polar surface area (TPSA) is 12.5 Å². The van der Waals surface area contributed by atoms with Crippen LogP contribution < -0.4 is 4.74 Å². The van der Waals surface area contributed by atoms with Crippen molar-refractivity contribution in [2.75, 3.05) is 21.2 Å². The molecule has 5 heteroatoms. The van der Waals surface area contributed by atoms with Gasteiger partial charge in [-0.2, -0.15) is 0 Å². The molecule has 2 nitrogen and oxygen atoms in total. The quantitative estimate of drug-likeness (QED) is 0.804. The summed E-state index contributed by atoms with van der Waals surface area (Å²) in [6.45, 7) is 0.784. The Morgan fingerprint density at radius 1 is 1.14 bits per heavy atom. The number of hydrogen-bond acceptors (Lipinski definition) is 3. The lowest BCUT2D eigenvalue weighted by Crippen LogP contribution is -2.11. The molecule has 0 N–H and O–H groups in total. The van der Waals surface area contributed by atoms with Crippen molar-refractivity contribution in [3.8, 4) is 5.75 Å². The molecule has 0 aromatic heterocycles. The largest absolute Gasteiger partial charge is 0.497 e. The Hall–Kier alpha value is -1.23. The van der Waals surface area contributed by atoms with Crippen molar-refractivity contribution in [2.24, 2.45) is 0 Å². The van der Waals surface area contributed by atoms with Crippen LogP contribution in [0.3, 0.4) is 0 Å². The van der Waals surface area contributed by atoms with Crippen LogP contribution in [0, 0.1) is 5.82 Å². The molecule has 0 heterocycles. The van der Waals surface area contributed by atoms with Crippen molar-refractivity contribution in [3.05, 3.63) is 53.8 Å². The van der Waals surface area contributed by atoms with Crippen LogP contribution in [0.2, 0.25) is 0 Å². The van der Waals surface area contributed by atoms with Crippen molar-refractivity contribution in [3.63, 3.8) is 0 Å². The molecule has 21 heavy (non-hydrogen) atoms. The molecule has 0 bridgehead atoms. The minimum absolute atomic E-state index is 0. The third-order valence-corrected chi connectivity index (χ3v) is 3.87. The Bertz CT molecular complexity index is 592. The van der Waals surface area contributed by atoms with E-state index in [1.165, 1.54) is 6.07 Å². The number of benzene rings is 2. The predicted molar refractivity (Wildman–Crippen MR) is 88.2 cm³/mol. The van der Waals surface area contributed by atoms with Crippen LogP contribution in [0.5, 0.6) is 5.75 Å². The maximum Gasteiger partial charge on any atom is 0.124 e. The van der Waals surface area contributed by atoms with Gasteiger partial charge in [0.25, 0.3) is 0 Å². The van der Waals surface area contributed by atoms with E-state index in [2.05, 4.69) is 4.90 Å². The fraction of sp³-hybridized carbons (Fsp3) is 0.250. The Morgan fingerprint density at radius 2 is 1.90 bits per heavy atom. The van der Waals surface area contributed by atoms with Gasteiger partial charge in [-0.15, -0.1) is 12.4 Å². The second-order valence-electron chi connectivity index (χ2n) is 4.77. The highest BCUT2D eigenvalue weighted by atomic mass is 35.5. The van der Waals surface area contributed by atoms with E-state index in [1.54, 1.807) is 24.9 Å². The van der Waals surface area contributed by atoms with E-state index in [-0.39, 0.29) is 18.2 Å². The molecule has 2 aromatic rings. The number of ether oxygens (including phenoxy) is 1. The molecule has 0 aliphatic heterocycles. The van der Waals surface area contributed by atoms with Gasteiger partial charge in [-0.05, 0) is 50.0 Å². The van der Waals surface area contributed by atoms with Crippen LogP contribution in [0.4, 0.5) is 4.39 Å². The van der Waals surface area contributed by atoms with Gasteiger partial charge in [0.15, 0.2) is 0 Å². The minimum Gasteiger partial charge on any atom is -0.497 e. The molecule has 0 aliphatic rings. The molecule has 0 spiro atoms. The van der Waals surface area contributed by atoms with E-state index in [0.29, 0.717) is 0 Å². The molecule has 0 unspecified atom stereocenters. The smallest absolute Gasteiger partial charge is 0.124 e. The molecule has 114 valence electrons. The minimum atomic E-state index is -0.210. The Kier molecular flexibility index (Phi) is 7.02. The third-order valence-electron chi connectivity index (χ3n) is 2.78. The van der Waals surface area contributed by atoms with E-state index in [4.69, 9.17) is 4.74 Å². The lowest BCUT2D eigenvalue weighted by molar-refractivity contribution is 0.398. The molecule has 0 fully saturated rings. The Labute approximate surface area is 135 Å². The lowest BCUT2D eigenvalue weighted by Gasteiger charge is -2.14. The molecule has 0 amide bonds. The summed E-state index contributed by atoms with van der Waals surface area (Å²) in [7, 11) is 5.65. The van der Waals surface area contributed by atoms with Gasteiger partial charge in [0, 0.05) is 16.3 Å². The van der Waals surface area contributed by atoms with Gasteiger partial charge >= 0.3 is 0 Å². The summed E-state index contributed by atoms with van der Waals surface area (Å²) in [5.41, 5.74) is 1.12. The summed E-state index contributed by atoms with van der Waals surface area (Å²) < 4.78 is 18.7. The van der Waals surface area contributed by atoms with Gasteiger partial charge in [-0.3, -0.25) is 0 Å². The van der Waals surface area contributed by atoms with E-state index in [9.17, 15) is 4.39 Å². The summed E-state index contributed by atoms with van der Waals surface area (Å²) in [5.74, 6) is 0.596. The molecule has 0 atom stereocenters. The molecule has 2 aromatic carbocycles. The van der Waals surface area contributed by atoms with Crippen LogP contribution in [-0.4, -0.2) is 26.1 Å². The number of rotatable bonds is 5. The molecular weight excluding hydrogens is 309 g/mol. The second kappa shape index (κ2) is 8.27. The summed E-state index contributed by atoms with van der Waals surface area (Å²) in [4.78, 5) is 4.05. The highest BCUT2D eigenvalue weighted by Crippen LogP contribution is 2.33. The average Bonchev–Trinajstić information content (AvgIpc) is 2.42. The number of hydrogen-bond donors (Lipinski definition) is 0. The first kappa shape index (κ1) is 17.8. The Morgan fingerprint density at radius 3 is 2.57 bits per heavy atom. The van der Waals surface area contributed by atoms with E-state index >= 15 is 0 Å². The van der Waals surface area contributed by atoms with Crippen molar-refractivity contribution in [2.45, 2.75) is 16.3 Å². The van der Waals surface area contributed by atoms with Crippen LogP contribution in [0.1, 0.15) is 5.56 Å². The zero-order valence-corrected chi connectivity index (χ0v) is 13.9. The first-order chi connectivity index (χ1) is 9.58. The van der Waals surface area contributed by atoms with Gasteiger partial charge < -0.3 is 9.64 Å². The fourth-order valence-corrected chi connectivity index (χ4v) is 2.90. The monoisotopic (exact) mass is 327 g/mol. The molecule has 0 saturated carbocycles. The van der Waals surface area contributed by atoms with E-state index in [0.717, 1.165) is 27.6 Å². The first-order valence-electron chi connectivity index (χ1n) is 6.33. The van der Waals surface area contributed by atoms with Crippen molar-refractivity contribution >= 4 is 24.2 Å². The first-order valence-corrected chi connectivity index (χ1v) is 7.15. The van der Waals surface area contributed by atoms with Gasteiger partial charge in [0.1, 0.15) is 11.6 Å². The standard InChI is InChI=1S/C16H18FNOS.ClH/c1-18(2)11-12-7-8-13(17)9-16(12)20-15-6-4-5-14(10-15)19-3;/h4-10H,11H2,1-3H3;1H. The van der Waals surface area contributed by atoms with Gasteiger partial charge in [-0.25, -0.2) is 4.39 Å². The van der Waals surface area contributed by atoms with Gasteiger partial charge in [0.2, 0.25) is 0 Å². The fourth-order valence-electron chi connectivity index (χ4n) is 1.89. The normalized spacial score (nSPS) is 10.3.